The van der Waals surface area contributed by atoms with E-state index in [4.69, 9.17) is 4.74 Å². The van der Waals surface area contributed by atoms with Gasteiger partial charge in [-0.15, -0.1) is 0 Å². The maximum absolute atomic E-state index is 13.1. The van der Waals surface area contributed by atoms with Gasteiger partial charge in [0.1, 0.15) is 0 Å². The van der Waals surface area contributed by atoms with Gasteiger partial charge in [-0.05, 0) is 51.4 Å². The normalized spacial score (nSPS) is 34.5. The summed E-state index contributed by atoms with van der Waals surface area (Å²) in [7, 11) is 0. The van der Waals surface area contributed by atoms with Crippen LogP contribution in [0.5, 0.6) is 0 Å². The minimum Gasteiger partial charge on any atom is -0.450 e. The number of esters is 1. The van der Waals surface area contributed by atoms with E-state index in [2.05, 4.69) is 26.5 Å². The fourth-order valence-corrected chi connectivity index (χ4v) is 3.78. The molecular formula is C20H28O3. The SMILES string of the molecule is C=C(C)[C@H]1C[C@@]2(C)C(=CCC[C@@H]2C)C(=O)[C@@H]1OC(=O)/C(C)=C\C. The van der Waals surface area contributed by atoms with Crippen molar-refractivity contribution in [2.45, 2.75) is 60.0 Å². The highest BCUT2D eigenvalue weighted by Crippen LogP contribution is 2.52. The molecule has 2 rings (SSSR count). The van der Waals surface area contributed by atoms with Crippen LogP contribution in [-0.2, 0) is 14.3 Å². The number of fused-ring (bicyclic) bond motifs is 1. The summed E-state index contributed by atoms with van der Waals surface area (Å²) in [6.45, 7) is 13.9. The average molecular weight is 316 g/mol. The molecule has 0 aromatic heterocycles. The Morgan fingerprint density at radius 3 is 2.65 bits per heavy atom. The van der Waals surface area contributed by atoms with Crippen molar-refractivity contribution < 1.29 is 14.3 Å². The molecule has 0 unspecified atom stereocenters. The standard InChI is InChI=1S/C20H28O3/c1-7-13(4)19(22)23-18-15(12(2)3)11-20(6)14(5)9-8-10-16(20)17(18)21/h7,10,14-15,18H,2,8-9,11H2,1,3-6H3/b13-7-/t14-,15+,18+,20+/m0/s1. The summed E-state index contributed by atoms with van der Waals surface area (Å²) in [5.41, 5.74) is 2.15. The van der Waals surface area contributed by atoms with E-state index in [0.29, 0.717) is 11.5 Å². The van der Waals surface area contributed by atoms with Crippen LogP contribution in [0.4, 0.5) is 0 Å². The maximum Gasteiger partial charge on any atom is 0.334 e. The van der Waals surface area contributed by atoms with Gasteiger partial charge in [0.2, 0.25) is 0 Å². The third-order valence-corrected chi connectivity index (χ3v) is 5.81. The van der Waals surface area contributed by atoms with Crippen LogP contribution < -0.4 is 0 Å². The molecule has 0 saturated heterocycles. The van der Waals surface area contributed by atoms with Gasteiger partial charge < -0.3 is 4.74 Å². The molecule has 3 heteroatoms. The van der Waals surface area contributed by atoms with E-state index in [1.54, 1.807) is 19.9 Å². The minimum atomic E-state index is -0.737. The Hall–Kier alpha value is -1.64. The summed E-state index contributed by atoms with van der Waals surface area (Å²) in [6.07, 6.45) is 5.85. The first kappa shape index (κ1) is 17.7. The van der Waals surface area contributed by atoms with E-state index in [0.717, 1.165) is 30.4 Å². The average Bonchev–Trinajstić information content (AvgIpc) is 2.50. The minimum absolute atomic E-state index is 0.0319. The van der Waals surface area contributed by atoms with Gasteiger partial charge in [-0.3, -0.25) is 4.79 Å². The lowest BCUT2D eigenvalue weighted by Crippen LogP contribution is -2.50. The van der Waals surface area contributed by atoms with E-state index in [-0.39, 0.29) is 17.1 Å². The number of Topliss-reactive ketones (excluding diaryl/α,β-unsaturated/α-hetero) is 1. The molecule has 2 aliphatic rings. The largest absolute Gasteiger partial charge is 0.450 e. The molecule has 0 spiro atoms. The fourth-order valence-electron chi connectivity index (χ4n) is 3.78. The smallest absolute Gasteiger partial charge is 0.334 e. The quantitative estimate of drug-likeness (QED) is 0.440. The Morgan fingerprint density at radius 1 is 1.43 bits per heavy atom. The zero-order chi connectivity index (χ0) is 17.4. The van der Waals surface area contributed by atoms with Crippen molar-refractivity contribution in [1.29, 1.82) is 0 Å². The van der Waals surface area contributed by atoms with Gasteiger partial charge in [0.05, 0.1) is 0 Å². The second-order valence-corrected chi connectivity index (χ2v) is 7.33. The van der Waals surface area contributed by atoms with Gasteiger partial charge in [-0.1, -0.05) is 38.2 Å². The number of carbonyl (C=O) groups is 2. The number of ketones is 1. The summed E-state index contributed by atoms with van der Waals surface area (Å²) >= 11 is 0. The molecule has 0 N–H and O–H groups in total. The van der Waals surface area contributed by atoms with E-state index < -0.39 is 12.1 Å². The molecule has 0 aromatic rings. The third-order valence-electron chi connectivity index (χ3n) is 5.81. The predicted octanol–water partition coefficient (Wildman–Crippen LogP) is 4.39. The molecule has 23 heavy (non-hydrogen) atoms. The second kappa shape index (κ2) is 6.46. The molecule has 1 saturated carbocycles. The van der Waals surface area contributed by atoms with E-state index >= 15 is 0 Å². The van der Waals surface area contributed by atoms with Crippen LogP contribution in [0.3, 0.4) is 0 Å². The molecule has 126 valence electrons. The molecule has 0 bridgehead atoms. The van der Waals surface area contributed by atoms with Gasteiger partial charge >= 0.3 is 5.97 Å². The summed E-state index contributed by atoms with van der Waals surface area (Å²) in [6, 6.07) is 0. The highest BCUT2D eigenvalue weighted by molar-refractivity contribution is 6.03. The van der Waals surface area contributed by atoms with E-state index in [9.17, 15) is 9.59 Å². The summed E-state index contributed by atoms with van der Waals surface area (Å²) in [5.74, 6) is -0.109. The topological polar surface area (TPSA) is 43.4 Å². The molecule has 2 aliphatic carbocycles. The van der Waals surface area contributed by atoms with Crippen LogP contribution >= 0.6 is 0 Å². The van der Waals surface area contributed by atoms with Crippen molar-refractivity contribution >= 4 is 11.8 Å². The molecule has 3 nitrogen and oxygen atoms in total. The maximum atomic E-state index is 13.1. The number of allylic oxidation sites excluding steroid dienone is 2. The van der Waals surface area contributed by atoms with Crippen LogP contribution in [0.2, 0.25) is 0 Å². The van der Waals surface area contributed by atoms with Crippen molar-refractivity contribution in [2.24, 2.45) is 17.3 Å². The summed E-state index contributed by atoms with van der Waals surface area (Å²) in [5, 5.41) is 0. The first-order valence-electron chi connectivity index (χ1n) is 8.46. The van der Waals surface area contributed by atoms with Gasteiger partial charge in [0, 0.05) is 17.1 Å². The van der Waals surface area contributed by atoms with Crippen LogP contribution in [-0.4, -0.2) is 17.9 Å². The third kappa shape index (κ3) is 3.06. The molecule has 0 heterocycles. The lowest BCUT2D eigenvalue weighted by molar-refractivity contribution is -0.156. The van der Waals surface area contributed by atoms with E-state index in [1.165, 1.54) is 0 Å². The first-order valence-corrected chi connectivity index (χ1v) is 8.46. The fraction of sp³-hybridized carbons (Fsp3) is 0.600. The number of ether oxygens (including phenoxy) is 1. The van der Waals surface area contributed by atoms with Crippen LogP contribution in [0.25, 0.3) is 0 Å². The molecule has 4 atom stereocenters. The first-order chi connectivity index (χ1) is 10.7. The van der Waals surface area contributed by atoms with Crippen molar-refractivity contribution in [2.75, 3.05) is 0 Å². The van der Waals surface area contributed by atoms with Crippen LogP contribution in [0.1, 0.15) is 53.9 Å². The van der Waals surface area contributed by atoms with Crippen molar-refractivity contribution in [3.05, 3.63) is 35.5 Å². The van der Waals surface area contributed by atoms with Crippen molar-refractivity contribution in [1.82, 2.24) is 0 Å². The highest BCUT2D eigenvalue weighted by Gasteiger charge is 2.51. The van der Waals surface area contributed by atoms with Gasteiger partial charge in [0.15, 0.2) is 11.9 Å². The lowest BCUT2D eigenvalue weighted by Gasteiger charge is -2.48. The number of rotatable bonds is 3. The second-order valence-electron chi connectivity index (χ2n) is 7.33. The Labute approximate surface area is 139 Å². The summed E-state index contributed by atoms with van der Waals surface area (Å²) < 4.78 is 5.60. The van der Waals surface area contributed by atoms with Gasteiger partial charge in [-0.25, -0.2) is 4.79 Å². The zero-order valence-electron chi connectivity index (χ0n) is 14.9. The predicted molar refractivity (Wildman–Crippen MR) is 91.8 cm³/mol. The lowest BCUT2D eigenvalue weighted by atomic mass is 9.56. The Kier molecular flexibility index (Phi) is 4.98. The monoisotopic (exact) mass is 316 g/mol. The number of carbonyl (C=O) groups excluding carboxylic acids is 2. The van der Waals surface area contributed by atoms with Gasteiger partial charge in [-0.2, -0.15) is 0 Å². The Balaban J connectivity index is 2.38. The Bertz CT molecular complexity index is 596. The highest BCUT2D eigenvalue weighted by atomic mass is 16.5. The summed E-state index contributed by atoms with van der Waals surface area (Å²) in [4.78, 5) is 25.2. The molecule has 0 amide bonds. The molecule has 0 aromatic carbocycles. The molecule has 0 aliphatic heterocycles. The number of hydrogen-bond acceptors (Lipinski definition) is 3. The number of hydrogen-bond donors (Lipinski definition) is 0. The van der Waals surface area contributed by atoms with Crippen molar-refractivity contribution in [3.63, 3.8) is 0 Å². The molecule has 1 fully saturated rings. The zero-order valence-corrected chi connectivity index (χ0v) is 14.9. The Morgan fingerprint density at radius 2 is 2.09 bits per heavy atom. The molecule has 0 radical (unpaired) electrons. The van der Waals surface area contributed by atoms with E-state index in [1.807, 2.05) is 6.92 Å². The van der Waals surface area contributed by atoms with Gasteiger partial charge in [0.25, 0.3) is 0 Å². The van der Waals surface area contributed by atoms with Crippen molar-refractivity contribution in [3.8, 4) is 0 Å². The van der Waals surface area contributed by atoms with Crippen LogP contribution in [0.15, 0.2) is 35.5 Å². The molecular weight excluding hydrogens is 288 g/mol. The van der Waals surface area contributed by atoms with Crippen LogP contribution in [0, 0.1) is 17.3 Å².